The maximum Gasteiger partial charge on any atom is 0.169 e. The van der Waals surface area contributed by atoms with E-state index in [2.05, 4.69) is 297 Å². The van der Waals surface area contributed by atoms with Gasteiger partial charge in [-0.1, -0.05) is 243 Å². The van der Waals surface area contributed by atoms with Crippen molar-refractivity contribution >= 4 is 127 Å². The molecule has 0 atom stereocenters. The van der Waals surface area contributed by atoms with Gasteiger partial charge in [0, 0.05) is 22.3 Å². The molecule has 0 aromatic heterocycles. The van der Waals surface area contributed by atoms with Crippen molar-refractivity contribution in [2.24, 2.45) is 0 Å². The average molecular weight is 1530 g/mol. The Balaban J connectivity index is 0.000000173. The Hall–Kier alpha value is -7.79. The molecule has 0 saturated carbocycles. The largest absolute Gasteiger partial charge is 0.486 e. The molecule has 4 heterocycles. The third kappa shape index (κ3) is 16.2. The molecule has 9 nitrogen and oxygen atoms in total. The molecule has 12 aromatic rings. The first kappa shape index (κ1) is 71.1. The number of ether oxygens (including phenoxy) is 8. The molecule has 4 aliphatic heterocycles. The molecular formula is C82H72Cl3NO8P4Ru. The van der Waals surface area contributed by atoms with E-state index >= 15 is 0 Å². The standard InChI is InChI=1S/2C40H32O4P2.C2H7N.3ClH.Ru/c2*1-5-13-29(14-6-1)45(30-15-7-2-8-16-30)35-23-21-33-39(43-27-25-41-33)37(35)38-36(24-22-34-40(38)44-28-26-42-34)46(31-17-9-3-10-18-31)32-19-11-4-12-20-32;1-3-2;;;;/h2*1-24H,25-28H2;3H,1-2H3;3*1H;/q;;;;;;+2/p-2. The minimum atomic E-state index is -0.984. The fraction of sp³-hybridized carbons (Fsp3) is 0.122. The molecule has 0 aliphatic carbocycles. The van der Waals surface area contributed by atoms with Gasteiger partial charge in [0.1, 0.15) is 52.9 Å². The van der Waals surface area contributed by atoms with Crippen LogP contribution in [0, 0.1) is 0 Å². The van der Waals surface area contributed by atoms with Gasteiger partial charge in [0.25, 0.3) is 0 Å². The van der Waals surface area contributed by atoms with E-state index in [0.717, 1.165) is 68.2 Å². The van der Waals surface area contributed by atoms with Crippen LogP contribution in [-0.4, -0.2) is 67.0 Å². The molecule has 16 rings (SSSR count). The smallest absolute Gasteiger partial charge is 0.169 e. The van der Waals surface area contributed by atoms with Crippen molar-refractivity contribution in [2.45, 2.75) is 0 Å². The first-order valence-electron chi connectivity index (χ1n) is 32.3. The summed E-state index contributed by atoms with van der Waals surface area (Å²) in [6, 6.07) is 104. The Morgan fingerprint density at radius 2 is 0.384 bits per heavy atom. The number of hydrogen-bond donors (Lipinski definition) is 1. The van der Waals surface area contributed by atoms with Crippen molar-refractivity contribution in [3.8, 4) is 68.2 Å². The van der Waals surface area contributed by atoms with Gasteiger partial charge >= 0.3 is 34.5 Å². The molecule has 0 bridgehead atoms. The number of benzene rings is 12. The number of fused-ring (bicyclic) bond motifs is 4. The predicted molar refractivity (Wildman–Crippen MR) is 416 cm³/mol. The number of rotatable bonds is 14. The monoisotopic (exact) mass is 1530 g/mol. The van der Waals surface area contributed by atoms with Crippen molar-refractivity contribution in [3.63, 3.8) is 0 Å². The molecular weight excluding hydrogens is 1460 g/mol. The van der Waals surface area contributed by atoms with Crippen LogP contribution in [0.25, 0.3) is 22.3 Å². The van der Waals surface area contributed by atoms with Crippen LogP contribution in [0.4, 0.5) is 0 Å². The molecule has 99 heavy (non-hydrogen) atoms. The molecule has 12 aromatic carbocycles. The number of hydrogen-bond acceptors (Lipinski definition) is 9. The van der Waals surface area contributed by atoms with Crippen molar-refractivity contribution in [1.82, 2.24) is 5.32 Å². The van der Waals surface area contributed by atoms with Gasteiger partial charge in [-0.25, -0.2) is 0 Å². The Morgan fingerprint density at radius 3 is 0.535 bits per heavy atom. The summed E-state index contributed by atoms with van der Waals surface area (Å²) in [7, 11) is 9.52. The zero-order valence-electron chi connectivity index (χ0n) is 54.4. The van der Waals surface area contributed by atoms with Crippen LogP contribution in [-0.2, 0) is 15.1 Å². The summed E-state index contributed by atoms with van der Waals surface area (Å²) in [5, 5.41) is 17.6. The molecule has 0 unspecified atom stereocenters. The van der Waals surface area contributed by atoms with Crippen LogP contribution in [0.5, 0.6) is 46.0 Å². The van der Waals surface area contributed by atoms with Gasteiger partial charge in [0.05, 0.1) is 0 Å². The van der Waals surface area contributed by atoms with Gasteiger partial charge in [-0.05, 0) is 158 Å². The molecule has 0 saturated heterocycles. The second-order valence-electron chi connectivity index (χ2n) is 22.5. The topological polar surface area (TPSA) is 85.9 Å². The molecule has 0 spiro atoms. The number of halogens is 3. The van der Waals surface area contributed by atoms with Crippen LogP contribution >= 0.6 is 63.5 Å². The minimum absolute atomic E-state index is 0. The SMILES string of the molecule is CNC.Cl.[Cl][Ru][Cl].c1ccc(P(c2ccccc2)c2ccc3c(c2-c2c(P(c4ccccc4)c4ccccc4)ccc4c2OCCO4)OCCO3)cc1.c1ccc(P(c2ccccc2)c2ccc3c(c2-c2c(P(c4ccccc4)c4ccccc4)ccc4c2OCCO4)OCCO3)cc1. The van der Waals surface area contributed by atoms with Crippen molar-refractivity contribution in [3.05, 3.63) is 291 Å². The van der Waals surface area contributed by atoms with Gasteiger partial charge in [0.2, 0.25) is 0 Å². The van der Waals surface area contributed by atoms with E-state index in [1.807, 2.05) is 14.1 Å². The van der Waals surface area contributed by atoms with E-state index in [-0.39, 0.29) is 27.6 Å². The van der Waals surface area contributed by atoms with Gasteiger partial charge in [0.15, 0.2) is 46.0 Å². The molecule has 0 amide bonds. The normalized spacial score (nSPS) is 13.0. The van der Waals surface area contributed by atoms with E-state index in [4.69, 9.17) is 57.3 Å². The molecule has 1 N–H and O–H groups in total. The summed E-state index contributed by atoms with van der Waals surface area (Å²) in [5.74, 6) is 6.09. The number of nitrogens with one attached hydrogen (secondary N) is 1. The van der Waals surface area contributed by atoms with Gasteiger partial charge in [-0.2, -0.15) is 0 Å². The Morgan fingerprint density at radius 1 is 0.242 bits per heavy atom. The minimum Gasteiger partial charge on any atom is -0.486 e. The fourth-order valence-electron chi connectivity index (χ4n) is 12.5. The predicted octanol–water partition coefficient (Wildman–Crippen LogP) is 14.5. The molecule has 0 fully saturated rings. The maximum absolute atomic E-state index is 6.60. The summed E-state index contributed by atoms with van der Waals surface area (Å²) in [5.41, 5.74) is 4.08. The Kier molecular flexibility index (Phi) is 25.5. The average Bonchev–Trinajstić information content (AvgIpc) is 0.740. The van der Waals surface area contributed by atoms with Gasteiger partial charge in [-0.15, -0.1) is 12.4 Å². The Labute approximate surface area is 607 Å². The first-order chi connectivity index (χ1) is 48.6. The van der Waals surface area contributed by atoms with E-state index in [9.17, 15) is 0 Å². The maximum atomic E-state index is 6.60. The first-order valence-corrected chi connectivity index (χ1v) is 42.2. The van der Waals surface area contributed by atoms with Gasteiger partial charge < -0.3 is 43.2 Å². The van der Waals surface area contributed by atoms with Crippen molar-refractivity contribution < 1.29 is 53.0 Å². The summed E-state index contributed by atoms with van der Waals surface area (Å²) in [4.78, 5) is 0. The molecule has 4 aliphatic rings. The van der Waals surface area contributed by atoms with Gasteiger partial charge in [-0.3, -0.25) is 0 Å². The molecule has 0 radical (unpaired) electrons. The fourth-order valence-corrected chi connectivity index (χ4v) is 22.3. The second-order valence-corrected chi connectivity index (χ2v) is 33.9. The summed E-state index contributed by atoms with van der Waals surface area (Å²) >= 11 is -0.346. The summed E-state index contributed by atoms with van der Waals surface area (Å²) in [6.07, 6.45) is 0. The van der Waals surface area contributed by atoms with E-state index in [1.165, 1.54) is 63.7 Å². The summed E-state index contributed by atoms with van der Waals surface area (Å²) < 4.78 is 51.5. The van der Waals surface area contributed by atoms with Crippen LogP contribution in [0.3, 0.4) is 0 Å². The van der Waals surface area contributed by atoms with E-state index in [0.29, 0.717) is 52.9 Å². The van der Waals surface area contributed by atoms with Crippen LogP contribution in [0.15, 0.2) is 291 Å². The summed E-state index contributed by atoms with van der Waals surface area (Å²) in [6.45, 7) is 3.96. The van der Waals surface area contributed by atoms with Crippen molar-refractivity contribution in [1.29, 1.82) is 0 Å². The molecule has 17 heteroatoms. The third-order valence-electron chi connectivity index (χ3n) is 16.3. The Bertz CT molecular complexity index is 3820. The van der Waals surface area contributed by atoms with E-state index < -0.39 is 31.7 Å². The van der Waals surface area contributed by atoms with E-state index in [1.54, 1.807) is 0 Å². The van der Waals surface area contributed by atoms with Crippen LogP contribution in [0.2, 0.25) is 0 Å². The van der Waals surface area contributed by atoms with Crippen LogP contribution < -0.4 is 107 Å². The molecule has 502 valence electrons. The van der Waals surface area contributed by atoms with Crippen molar-refractivity contribution in [2.75, 3.05) is 67.0 Å². The zero-order valence-corrected chi connectivity index (χ0v) is 62.1. The van der Waals surface area contributed by atoms with Crippen LogP contribution in [0.1, 0.15) is 0 Å². The second kappa shape index (κ2) is 35.5. The third-order valence-corrected chi connectivity index (χ3v) is 26.3. The zero-order chi connectivity index (χ0) is 66.8. The quantitative estimate of drug-likeness (QED) is 0.0845.